The van der Waals surface area contributed by atoms with Gasteiger partial charge in [-0.1, -0.05) is 23.7 Å². The van der Waals surface area contributed by atoms with E-state index in [1.165, 1.54) is 7.11 Å². The third kappa shape index (κ3) is 2.46. The van der Waals surface area contributed by atoms with Crippen LogP contribution < -0.4 is 0 Å². The lowest BCUT2D eigenvalue weighted by atomic mass is 10.0. The molecule has 2 aromatic rings. The minimum absolute atomic E-state index is 0.180. The van der Waals surface area contributed by atoms with E-state index in [2.05, 4.69) is 4.74 Å². The number of ether oxygens (including phenoxy) is 1. The average Bonchev–Trinajstić information content (AvgIpc) is 2.39. The molecule has 0 aliphatic heterocycles. The van der Waals surface area contributed by atoms with Crippen LogP contribution in [0.25, 0.3) is 11.1 Å². The van der Waals surface area contributed by atoms with E-state index < -0.39 is 5.97 Å². The van der Waals surface area contributed by atoms with Crippen LogP contribution >= 0.6 is 11.6 Å². The van der Waals surface area contributed by atoms with E-state index in [4.69, 9.17) is 11.6 Å². The number of carbonyl (C=O) groups is 1. The Bertz CT molecular complexity index is 576. The summed E-state index contributed by atoms with van der Waals surface area (Å²) in [5.41, 5.74) is 1.98. The van der Waals surface area contributed by atoms with Gasteiger partial charge in [-0.15, -0.1) is 0 Å². The highest BCUT2D eigenvalue weighted by atomic mass is 35.5. The van der Waals surface area contributed by atoms with Crippen molar-refractivity contribution >= 4 is 17.6 Å². The van der Waals surface area contributed by atoms with Gasteiger partial charge in [-0.2, -0.15) is 0 Å². The van der Waals surface area contributed by atoms with E-state index in [1.54, 1.807) is 42.5 Å². The van der Waals surface area contributed by atoms with Crippen molar-refractivity contribution in [3.63, 3.8) is 0 Å². The fourth-order valence-electron chi connectivity index (χ4n) is 1.63. The lowest BCUT2D eigenvalue weighted by molar-refractivity contribution is 0.0601. The van der Waals surface area contributed by atoms with Gasteiger partial charge in [-0.05, 0) is 35.9 Å². The first-order valence-corrected chi connectivity index (χ1v) is 5.67. The van der Waals surface area contributed by atoms with Crippen LogP contribution in [-0.4, -0.2) is 18.2 Å². The van der Waals surface area contributed by atoms with Crippen molar-refractivity contribution in [2.75, 3.05) is 7.11 Å². The van der Waals surface area contributed by atoms with E-state index in [0.717, 1.165) is 11.1 Å². The van der Waals surface area contributed by atoms with Crippen LogP contribution in [0.5, 0.6) is 5.75 Å². The molecule has 4 heteroatoms. The van der Waals surface area contributed by atoms with Crippen LogP contribution in [-0.2, 0) is 4.74 Å². The summed E-state index contributed by atoms with van der Waals surface area (Å²) in [4.78, 5) is 11.5. The molecule has 0 fully saturated rings. The van der Waals surface area contributed by atoms with Gasteiger partial charge in [0.05, 0.1) is 12.7 Å². The molecule has 0 radical (unpaired) electrons. The average molecular weight is 263 g/mol. The molecule has 0 aromatic heterocycles. The first kappa shape index (κ1) is 12.5. The summed E-state index contributed by atoms with van der Waals surface area (Å²) in [6.07, 6.45) is 0. The number of esters is 1. The maximum atomic E-state index is 11.5. The van der Waals surface area contributed by atoms with Crippen molar-refractivity contribution < 1.29 is 14.6 Å². The van der Waals surface area contributed by atoms with Gasteiger partial charge in [0.1, 0.15) is 5.75 Å². The van der Waals surface area contributed by atoms with Crippen LogP contribution in [0.3, 0.4) is 0 Å². The smallest absolute Gasteiger partial charge is 0.337 e. The number of methoxy groups -OCH3 is 1. The fourth-order valence-corrected chi connectivity index (χ4v) is 1.86. The Morgan fingerprint density at radius 1 is 1.17 bits per heavy atom. The van der Waals surface area contributed by atoms with Crippen LogP contribution in [0.1, 0.15) is 10.4 Å². The minimum Gasteiger partial charge on any atom is -0.508 e. The monoisotopic (exact) mass is 262 g/mol. The summed E-state index contributed by atoms with van der Waals surface area (Å²) >= 11 is 6.10. The van der Waals surface area contributed by atoms with Crippen molar-refractivity contribution in [1.82, 2.24) is 0 Å². The second kappa shape index (κ2) is 5.10. The first-order chi connectivity index (χ1) is 8.61. The number of phenolic OH excluding ortho intramolecular Hbond substituents is 1. The molecule has 18 heavy (non-hydrogen) atoms. The third-order valence-electron chi connectivity index (χ3n) is 2.57. The molecule has 0 unspecified atom stereocenters. The highest BCUT2D eigenvalue weighted by molar-refractivity contribution is 6.33. The van der Waals surface area contributed by atoms with E-state index in [0.29, 0.717) is 10.6 Å². The number of benzene rings is 2. The van der Waals surface area contributed by atoms with Gasteiger partial charge in [0.15, 0.2) is 0 Å². The van der Waals surface area contributed by atoms with Crippen molar-refractivity contribution in [2.45, 2.75) is 0 Å². The predicted octanol–water partition coefficient (Wildman–Crippen LogP) is 3.50. The van der Waals surface area contributed by atoms with Gasteiger partial charge in [0.2, 0.25) is 0 Å². The normalized spacial score (nSPS) is 10.1. The Kier molecular flexibility index (Phi) is 3.53. The quantitative estimate of drug-likeness (QED) is 0.843. The maximum absolute atomic E-state index is 11.5. The molecule has 92 valence electrons. The molecule has 0 saturated heterocycles. The fraction of sp³-hybridized carbons (Fsp3) is 0.0714. The van der Waals surface area contributed by atoms with Crippen molar-refractivity contribution in [2.24, 2.45) is 0 Å². The lowest BCUT2D eigenvalue weighted by Gasteiger charge is -2.07. The van der Waals surface area contributed by atoms with Crippen molar-refractivity contribution in [3.05, 3.63) is 53.1 Å². The van der Waals surface area contributed by atoms with Crippen molar-refractivity contribution in [1.29, 1.82) is 0 Å². The molecule has 0 saturated carbocycles. The zero-order valence-corrected chi connectivity index (χ0v) is 10.4. The lowest BCUT2D eigenvalue weighted by Crippen LogP contribution is -2.01. The molecule has 0 bridgehead atoms. The van der Waals surface area contributed by atoms with Gasteiger partial charge >= 0.3 is 5.97 Å². The second-order valence-electron chi connectivity index (χ2n) is 3.73. The molecule has 0 spiro atoms. The first-order valence-electron chi connectivity index (χ1n) is 5.29. The SMILES string of the molecule is COC(=O)c1ccc(Cl)c(-c2ccc(O)cc2)c1. The Hall–Kier alpha value is -2.00. The Balaban J connectivity index is 2.49. The summed E-state index contributed by atoms with van der Waals surface area (Å²) in [5.74, 6) is -0.231. The van der Waals surface area contributed by atoms with Gasteiger partial charge in [-0.25, -0.2) is 4.79 Å². The Labute approximate surface area is 110 Å². The van der Waals surface area contributed by atoms with E-state index in [-0.39, 0.29) is 5.75 Å². The summed E-state index contributed by atoms with van der Waals surface area (Å²) in [7, 11) is 1.33. The van der Waals surface area contributed by atoms with Gasteiger partial charge in [-0.3, -0.25) is 0 Å². The predicted molar refractivity (Wildman–Crippen MR) is 69.9 cm³/mol. The zero-order valence-electron chi connectivity index (χ0n) is 9.68. The van der Waals surface area contributed by atoms with E-state index in [1.807, 2.05) is 0 Å². The Morgan fingerprint density at radius 2 is 1.83 bits per heavy atom. The summed E-state index contributed by atoms with van der Waals surface area (Å²) in [6, 6.07) is 11.5. The molecular weight excluding hydrogens is 252 g/mol. The molecule has 2 rings (SSSR count). The number of halogens is 1. The highest BCUT2D eigenvalue weighted by Gasteiger charge is 2.10. The molecule has 1 N–H and O–H groups in total. The summed E-state index contributed by atoms with van der Waals surface area (Å²) in [5, 5.41) is 9.78. The van der Waals surface area contributed by atoms with E-state index >= 15 is 0 Å². The summed E-state index contributed by atoms with van der Waals surface area (Å²) in [6.45, 7) is 0. The van der Waals surface area contributed by atoms with Gasteiger partial charge in [0.25, 0.3) is 0 Å². The van der Waals surface area contributed by atoms with E-state index in [9.17, 15) is 9.90 Å². The molecule has 0 atom stereocenters. The zero-order chi connectivity index (χ0) is 13.1. The second-order valence-corrected chi connectivity index (χ2v) is 4.14. The van der Waals surface area contributed by atoms with Crippen LogP contribution in [0.15, 0.2) is 42.5 Å². The number of hydrogen-bond donors (Lipinski definition) is 1. The topological polar surface area (TPSA) is 46.5 Å². The number of phenols is 1. The highest BCUT2D eigenvalue weighted by Crippen LogP contribution is 2.30. The van der Waals surface area contributed by atoms with Crippen LogP contribution in [0.4, 0.5) is 0 Å². The minimum atomic E-state index is -0.410. The number of carbonyl (C=O) groups excluding carboxylic acids is 1. The van der Waals surface area contributed by atoms with Gasteiger partial charge in [0, 0.05) is 10.6 Å². The molecule has 0 aliphatic rings. The van der Waals surface area contributed by atoms with Gasteiger partial charge < -0.3 is 9.84 Å². The van der Waals surface area contributed by atoms with Crippen LogP contribution in [0.2, 0.25) is 5.02 Å². The maximum Gasteiger partial charge on any atom is 0.337 e. The number of aromatic hydroxyl groups is 1. The standard InChI is InChI=1S/C14H11ClO3/c1-18-14(17)10-4-7-13(15)12(8-10)9-2-5-11(16)6-3-9/h2-8,16H,1H3. The van der Waals surface area contributed by atoms with Crippen molar-refractivity contribution in [3.8, 4) is 16.9 Å². The van der Waals surface area contributed by atoms with Crippen LogP contribution in [0, 0.1) is 0 Å². The third-order valence-corrected chi connectivity index (χ3v) is 2.90. The molecular formula is C14H11ClO3. The number of rotatable bonds is 2. The molecule has 2 aromatic carbocycles. The molecule has 0 amide bonds. The molecule has 3 nitrogen and oxygen atoms in total. The largest absolute Gasteiger partial charge is 0.508 e. The number of hydrogen-bond acceptors (Lipinski definition) is 3. The summed E-state index contributed by atoms with van der Waals surface area (Å²) < 4.78 is 4.66. The molecule has 0 heterocycles. The Morgan fingerprint density at radius 3 is 2.44 bits per heavy atom. The molecule has 0 aliphatic carbocycles.